The van der Waals surface area contributed by atoms with Crippen molar-refractivity contribution in [2.45, 2.75) is 12.8 Å². The normalized spacial score (nSPS) is 17.5. The number of nitriles is 1. The second-order valence-electron chi connectivity index (χ2n) is 3.09. The molecule has 0 radical (unpaired) electrons. The molecule has 1 fully saturated rings. The molecule has 1 aromatic heterocycles. The zero-order chi connectivity index (χ0) is 9.31. The van der Waals surface area contributed by atoms with Crippen LogP contribution in [0.15, 0.2) is 12.4 Å². The first-order valence-corrected chi connectivity index (χ1v) is 3.99. The van der Waals surface area contributed by atoms with Gasteiger partial charge < -0.3 is 4.98 Å². The Morgan fingerprint density at radius 2 is 2.54 bits per heavy atom. The number of hydrogen-bond acceptors (Lipinski definition) is 3. The van der Waals surface area contributed by atoms with Crippen molar-refractivity contribution in [3.05, 3.63) is 12.4 Å². The Morgan fingerprint density at radius 1 is 1.77 bits per heavy atom. The number of imidazole rings is 1. The van der Waals surface area contributed by atoms with Crippen molar-refractivity contribution in [3.8, 4) is 6.07 Å². The number of carbonyl (C=O) groups excluding carboxylic acids is 1. The Kier molecular flexibility index (Phi) is 1.55. The highest BCUT2D eigenvalue weighted by Crippen LogP contribution is 2.45. The fourth-order valence-corrected chi connectivity index (χ4v) is 1.08. The summed E-state index contributed by atoms with van der Waals surface area (Å²) in [6.45, 7) is 0. The Hall–Kier alpha value is -1.83. The number of nitrogens with zero attached hydrogens (tertiary/aromatic N) is 2. The van der Waals surface area contributed by atoms with Gasteiger partial charge in [0.25, 0.3) is 0 Å². The first-order chi connectivity index (χ1) is 6.27. The van der Waals surface area contributed by atoms with Crippen molar-refractivity contribution < 1.29 is 4.79 Å². The number of H-pyrrole nitrogens is 1. The summed E-state index contributed by atoms with van der Waals surface area (Å²) in [6.07, 6.45) is 4.45. The predicted octanol–water partition coefficient (Wildman–Crippen LogP) is 0.652. The number of hydrogen-bond donors (Lipinski definition) is 2. The van der Waals surface area contributed by atoms with E-state index in [9.17, 15) is 4.79 Å². The summed E-state index contributed by atoms with van der Waals surface area (Å²) in [5, 5.41) is 11.3. The molecule has 2 N–H and O–H groups in total. The molecule has 1 saturated carbocycles. The lowest BCUT2D eigenvalue weighted by Gasteiger charge is -2.03. The third-order valence-electron chi connectivity index (χ3n) is 2.13. The van der Waals surface area contributed by atoms with Crippen LogP contribution in [0.1, 0.15) is 12.8 Å². The van der Waals surface area contributed by atoms with Gasteiger partial charge in [0, 0.05) is 12.4 Å². The Morgan fingerprint density at radius 3 is 3.00 bits per heavy atom. The van der Waals surface area contributed by atoms with Gasteiger partial charge in [-0.1, -0.05) is 0 Å². The van der Waals surface area contributed by atoms with Gasteiger partial charge in [0.2, 0.25) is 11.9 Å². The Balaban J connectivity index is 2.05. The van der Waals surface area contributed by atoms with E-state index in [1.165, 1.54) is 0 Å². The number of amides is 1. The molecular weight excluding hydrogens is 168 g/mol. The van der Waals surface area contributed by atoms with Crippen LogP contribution in [0.25, 0.3) is 0 Å². The quantitative estimate of drug-likeness (QED) is 0.694. The smallest absolute Gasteiger partial charge is 0.247 e. The van der Waals surface area contributed by atoms with Crippen molar-refractivity contribution in [2.75, 3.05) is 5.32 Å². The summed E-state index contributed by atoms with van der Waals surface area (Å²) in [5.41, 5.74) is -0.785. The summed E-state index contributed by atoms with van der Waals surface area (Å²) in [7, 11) is 0. The summed E-state index contributed by atoms with van der Waals surface area (Å²) in [5.74, 6) is 0.136. The summed E-state index contributed by atoms with van der Waals surface area (Å²) >= 11 is 0. The highest BCUT2D eigenvalue weighted by molar-refractivity contribution is 5.98. The monoisotopic (exact) mass is 176 g/mol. The van der Waals surface area contributed by atoms with E-state index >= 15 is 0 Å². The van der Waals surface area contributed by atoms with Crippen LogP contribution >= 0.6 is 0 Å². The molecule has 1 heterocycles. The van der Waals surface area contributed by atoms with Crippen LogP contribution in [0.3, 0.4) is 0 Å². The molecular formula is C8H8N4O. The maximum atomic E-state index is 11.4. The van der Waals surface area contributed by atoms with Crippen LogP contribution in [-0.4, -0.2) is 15.9 Å². The lowest BCUT2D eigenvalue weighted by Crippen LogP contribution is -2.23. The van der Waals surface area contributed by atoms with Gasteiger partial charge >= 0.3 is 0 Å². The topological polar surface area (TPSA) is 81.6 Å². The molecule has 0 spiro atoms. The Bertz CT molecular complexity index is 358. The van der Waals surface area contributed by atoms with Crippen molar-refractivity contribution >= 4 is 11.9 Å². The molecule has 5 nitrogen and oxygen atoms in total. The molecule has 0 bridgehead atoms. The molecule has 2 rings (SSSR count). The lowest BCUT2D eigenvalue weighted by atomic mass is 10.1. The fraction of sp³-hybridized carbons (Fsp3) is 0.375. The molecule has 0 saturated heterocycles. The number of nitrogens with one attached hydrogen (secondary N) is 2. The second kappa shape index (κ2) is 2.59. The third-order valence-corrected chi connectivity index (χ3v) is 2.13. The van der Waals surface area contributed by atoms with Gasteiger partial charge in [0.1, 0.15) is 5.41 Å². The van der Waals surface area contributed by atoms with Crippen molar-refractivity contribution in [3.63, 3.8) is 0 Å². The minimum absolute atomic E-state index is 0.259. The van der Waals surface area contributed by atoms with Crippen LogP contribution in [0, 0.1) is 16.7 Å². The van der Waals surface area contributed by atoms with Crippen molar-refractivity contribution in [2.24, 2.45) is 5.41 Å². The largest absolute Gasteiger partial charge is 0.331 e. The van der Waals surface area contributed by atoms with E-state index in [0.29, 0.717) is 18.8 Å². The number of carbonyl (C=O) groups is 1. The first kappa shape index (κ1) is 7.80. The van der Waals surface area contributed by atoms with Gasteiger partial charge in [-0.25, -0.2) is 4.98 Å². The number of aromatic amines is 1. The van der Waals surface area contributed by atoms with Gasteiger partial charge in [-0.15, -0.1) is 0 Å². The molecule has 1 amide bonds. The molecule has 1 aliphatic rings. The molecule has 0 atom stereocenters. The van der Waals surface area contributed by atoms with Crippen molar-refractivity contribution in [1.82, 2.24) is 9.97 Å². The summed E-state index contributed by atoms with van der Waals surface area (Å²) < 4.78 is 0. The fourth-order valence-electron chi connectivity index (χ4n) is 1.08. The number of aromatic nitrogens is 2. The van der Waals surface area contributed by atoms with E-state index in [-0.39, 0.29) is 5.91 Å². The highest BCUT2D eigenvalue weighted by Gasteiger charge is 2.50. The van der Waals surface area contributed by atoms with E-state index in [2.05, 4.69) is 15.3 Å². The maximum Gasteiger partial charge on any atom is 0.247 e. The standard InChI is InChI=1S/C8H8N4O/c9-5-8(1-2-8)6(13)12-7-10-3-4-11-7/h3-4H,1-2H2,(H2,10,11,12,13). The minimum Gasteiger partial charge on any atom is -0.331 e. The second-order valence-corrected chi connectivity index (χ2v) is 3.09. The first-order valence-electron chi connectivity index (χ1n) is 3.99. The average Bonchev–Trinajstić information content (AvgIpc) is 2.79. The Labute approximate surface area is 74.8 Å². The average molecular weight is 176 g/mol. The van der Waals surface area contributed by atoms with Crippen LogP contribution in [0.5, 0.6) is 0 Å². The molecule has 1 aromatic rings. The summed E-state index contributed by atoms with van der Waals surface area (Å²) in [4.78, 5) is 18.0. The van der Waals surface area contributed by atoms with Gasteiger partial charge in [0.15, 0.2) is 0 Å². The van der Waals surface area contributed by atoms with E-state index < -0.39 is 5.41 Å². The number of rotatable bonds is 2. The highest BCUT2D eigenvalue weighted by atomic mass is 16.2. The predicted molar refractivity (Wildman–Crippen MR) is 44.5 cm³/mol. The summed E-state index contributed by atoms with van der Waals surface area (Å²) in [6, 6.07) is 2.01. The molecule has 0 aliphatic heterocycles. The minimum atomic E-state index is -0.785. The molecule has 5 heteroatoms. The van der Waals surface area contributed by atoms with Crippen LogP contribution in [0.2, 0.25) is 0 Å². The zero-order valence-corrected chi connectivity index (χ0v) is 6.87. The van der Waals surface area contributed by atoms with E-state index in [1.807, 2.05) is 6.07 Å². The van der Waals surface area contributed by atoms with Crippen molar-refractivity contribution in [1.29, 1.82) is 5.26 Å². The van der Waals surface area contributed by atoms with Gasteiger partial charge in [-0.2, -0.15) is 5.26 Å². The molecule has 66 valence electrons. The number of anilines is 1. The van der Waals surface area contributed by atoms with Crippen LogP contribution < -0.4 is 5.32 Å². The zero-order valence-electron chi connectivity index (χ0n) is 6.87. The van der Waals surface area contributed by atoms with Gasteiger partial charge in [0.05, 0.1) is 6.07 Å². The van der Waals surface area contributed by atoms with E-state index in [1.54, 1.807) is 12.4 Å². The van der Waals surface area contributed by atoms with E-state index in [4.69, 9.17) is 5.26 Å². The SMILES string of the molecule is N#CC1(C(=O)Nc2ncc[nH]2)CC1. The van der Waals surface area contributed by atoms with Gasteiger partial charge in [-0.3, -0.25) is 10.1 Å². The van der Waals surface area contributed by atoms with Crippen LogP contribution in [-0.2, 0) is 4.79 Å². The lowest BCUT2D eigenvalue weighted by molar-refractivity contribution is -0.119. The maximum absolute atomic E-state index is 11.4. The van der Waals surface area contributed by atoms with Gasteiger partial charge in [-0.05, 0) is 12.8 Å². The molecule has 0 unspecified atom stereocenters. The molecule has 0 aromatic carbocycles. The van der Waals surface area contributed by atoms with E-state index in [0.717, 1.165) is 0 Å². The molecule has 1 aliphatic carbocycles. The molecule has 13 heavy (non-hydrogen) atoms. The van der Waals surface area contributed by atoms with Crippen LogP contribution in [0.4, 0.5) is 5.95 Å². The third kappa shape index (κ3) is 1.26.